The number of hydrogen-bond acceptors (Lipinski definition) is 2. The highest BCUT2D eigenvalue weighted by molar-refractivity contribution is 5.94. The zero-order valence-electron chi connectivity index (χ0n) is 22.8. The smallest absolute Gasteiger partial charge is 0.107 e. The lowest BCUT2D eigenvalue weighted by atomic mass is 9.72. The molecule has 1 aliphatic carbocycles. The molecular formula is C37H35ClN2. The van der Waals surface area contributed by atoms with Gasteiger partial charge in [0.2, 0.25) is 0 Å². The number of fused-ring (bicyclic) bond motifs is 2. The Morgan fingerprint density at radius 1 is 0.650 bits per heavy atom. The summed E-state index contributed by atoms with van der Waals surface area (Å²) in [6, 6.07) is 41.0. The molecule has 1 saturated heterocycles. The topological polar surface area (TPSA) is 27.0 Å². The highest BCUT2D eigenvalue weighted by Gasteiger charge is 2.34. The van der Waals surface area contributed by atoms with Crippen molar-refractivity contribution in [1.82, 2.24) is 4.90 Å². The fraction of sp³-hybridized carbons (Fsp3) is 0.216. The first kappa shape index (κ1) is 27.7. The maximum Gasteiger partial charge on any atom is 0.107 e. The van der Waals surface area contributed by atoms with Crippen LogP contribution in [0.15, 0.2) is 115 Å². The zero-order chi connectivity index (χ0) is 26.5. The molecule has 1 heterocycles. The molecule has 40 heavy (non-hydrogen) atoms. The average molecular weight is 543 g/mol. The van der Waals surface area contributed by atoms with E-state index in [-0.39, 0.29) is 12.4 Å². The van der Waals surface area contributed by atoms with Crippen molar-refractivity contribution in [2.24, 2.45) is 0 Å². The van der Waals surface area contributed by atoms with E-state index in [1.807, 2.05) is 36.4 Å². The summed E-state index contributed by atoms with van der Waals surface area (Å²) < 4.78 is 0. The molecule has 0 amide bonds. The van der Waals surface area contributed by atoms with E-state index in [1.165, 1.54) is 27.8 Å². The normalized spacial score (nSPS) is 14.9. The summed E-state index contributed by atoms with van der Waals surface area (Å²) in [7, 11) is 0. The van der Waals surface area contributed by atoms with Gasteiger partial charge >= 0.3 is 0 Å². The van der Waals surface area contributed by atoms with Gasteiger partial charge in [-0.15, -0.1) is 12.4 Å². The Hall–Kier alpha value is -3.90. The van der Waals surface area contributed by atoms with E-state index < -0.39 is 5.41 Å². The molecule has 0 N–H and O–H groups in total. The van der Waals surface area contributed by atoms with E-state index in [2.05, 4.69) is 95.9 Å². The van der Waals surface area contributed by atoms with Crippen molar-refractivity contribution in [1.29, 1.82) is 5.26 Å². The van der Waals surface area contributed by atoms with E-state index in [0.29, 0.717) is 0 Å². The predicted molar refractivity (Wildman–Crippen MR) is 169 cm³/mol. The largest absolute Gasteiger partial charge is 0.303 e. The third-order valence-electron chi connectivity index (χ3n) is 8.47. The number of hydrogen-bond donors (Lipinski definition) is 0. The Balaban J connectivity index is 0.00000323. The molecule has 4 aromatic carbocycles. The third-order valence-corrected chi connectivity index (χ3v) is 8.47. The van der Waals surface area contributed by atoms with Crippen LogP contribution in [-0.2, 0) is 5.41 Å². The van der Waals surface area contributed by atoms with Crippen molar-refractivity contribution in [3.63, 3.8) is 0 Å². The van der Waals surface area contributed by atoms with Gasteiger partial charge in [-0.05, 0) is 71.2 Å². The number of benzene rings is 4. The quantitative estimate of drug-likeness (QED) is 0.214. The molecule has 3 heteroatoms. The standard InChI is InChI=1S/C37H34N2.ClH/c38-28-37(32-14-3-1-4-15-32,33-16-5-2-6-17-33)24-11-25-39-26-22-31(23-27-39)36-34-18-9-7-12-29(34)20-21-30-13-8-10-19-35(30)36;/h1-10,12-21H,11,22-27H2;1H. The van der Waals surface area contributed by atoms with Gasteiger partial charge in [0, 0.05) is 13.1 Å². The molecular weight excluding hydrogens is 508 g/mol. The second kappa shape index (κ2) is 12.5. The van der Waals surface area contributed by atoms with Crippen molar-refractivity contribution in [2.45, 2.75) is 31.1 Å². The second-order valence-electron chi connectivity index (χ2n) is 10.7. The number of halogens is 1. The summed E-state index contributed by atoms with van der Waals surface area (Å²) in [6.45, 7) is 3.14. The van der Waals surface area contributed by atoms with E-state index in [1.54, 1.807) is 5.57 Å². The number of likely N-dealkylation sites (tertiary alicyclic amines) is 1. The number of piperidine rings is 1. The summed E-state index contributed by atoms with van der Waals surface area (Å²) >= 11 is 0. The molecule has 200 valence electrons. The van der Waals surface area contributed by atoms with Crippen LogP contribution >= 0.6 is 12.4 Å². The van der Waals surface area contributed by atoms with Crippen molar-refractivity contribution < 1.29 is 0 Å². The van der Waals surface area contributed by atoms with Crippen molar-refractivity contribution in [3.8, 4) is 6.07 Å². The van der Waals surface area contributed by atoms with Crippen LogP contribution in [0.2, 0.25) is 0 Å². The SMILES string of the molecule is Cl.N#CC(CCCN1CCC(=C2c3ccccc3C=Cc3ccccc32)CC1)(c1ccccc1)c1ccccc1. The lowest BCUT2D eigenvalue weighted by molar-refractivity contribution is 0.248. The number of rotatable bonds is 6. The van der Waals surface area contributed by atoms with Gasteiger partial charge in [-0.1, -0.05) is 127 Å². The summed E-state index contributed by atoms with van der Waals surface area (Å²) in [6.07, 6.45) is 8.49. The summed E-state index contributed by atoms with van der Waals surface area (Å²) in [5.41, 5.74) is 9.86. The summed E-state index contributed by atoms with van der Waals surface area (Å²) in [5, 5.41) is 10.5. The van der Waals surface area contributed by atoms with Gasteiger partial charge in [0.1, 0.15) is 5.41 Å². The maximum absolute atomic E-state index is 10.5. The molecule has 0 saturated carbocycles. The van der Waals surface area contributed by atoms with Crippen LogP contribution < -0.4 is 0 Å². The Kier molecular flexibility index (Phi) is 8.66. The molecule has 2 aliphatic rings. The lowest BCUT2D eigenvalue weighted by Crippen LogP contribution is -2.34. The Bertz CT molecular complexity index is 1450. The zero-order valence-corrected chi connectivity index (χ0v) is 23.6. The highest BCUT2D eigenvalue weighted by Crippen LogP contribution is 2.39. The summed E-state index contributed by atoms with van der Waals surface area (Å²) in [5.74, 6) is 0. The van der Waals surface area contributed by atoms with Gasteiger partial charge in [0.25, 0.3) is 0 Å². The molecule has 0 atom stereocenters. The van der Waals surface area contributed by atoms with Gasteiger partial charge in [-0.25, -0.2) is 0 Å². The van der Waals surface area contributed by atoms with Gasteiger partial charge < -0.3 is 4.90 Å². The van der Waals surface area contributed by atoms with Gasteiger partial charge in [0.15, 0.2) is 0 Å². The van der Waals surface area contributed by atoms with E-state index in [0.717, 1.165) is 56.4 Å². The summed E-state index contributed by atoms with van der Waals surface area (Å²) in [4.78, 5) is 2.59. The molecule has 2 nitrogen and oxygen atoms in total. The van der Waals surface area contributed by atoms with Gasteiger partial charge in [0.05, 0.1) is 6.07 Å². The first-order chi connectivity index (χ1) is 19.3. The molecule has 0 bridgehead atoms. The second-order valence-corrected chi connectivity index (χ2v) is 10.7. The highest BCUT2D eigenvalue weighted by atomic mass is 35.5. The van der Waals surface area contributed by atoms with E-state index >= 15 is 0 Å². The average Bonchev–Trinajstić information content (AvgIpc) is 3.18. The first-order valence-corrected chi connectivity index (χ1v) is 14.1. The van der Waals surface area contributed by atoms with Crippen LogP contribution in [0.3, 0.4) is 0 Å². The number of nitrogens with zero attached hydrogens (tertiary/aromatic N) is 2. The van der Waals surface area contributed by atoms with Crippen LogP contribution in [0, 0.1) is 11.3 Å². The fourth-order valence-electron chi connectivity index (χ4n) is 6.40. The molecule has 1 aliphatic heterocycles. The molecule has 0 radical (unpaired) electrons. The maximum atomic E-state index is 10.5. The van der Waals surface area contributed by atoms with Gasteiger partial charge in [-0.2, -0.15) is 5.26 Å². The van der Waals surface area contributed by atoms with Crippen LogP contribution in [0.5, 0.6) is 0 Å². The predicted octanol–water partition coefficient (Wildman–Crippen LogP) is 8.78. The van der Waals surface area contributed by atoms with E-state index in [9.17, 15) is 5.26 Å². The van der Waals surface area contributed by atoms with Crippen LogP contribution in [0.1, 0.15) is 59.1 Å². The van der Waals surface area contributed by atoms with Crippen molar-refractivity contribution in [3.05, 3.63) is 148 Å². The molecule has 6 rings (SSSR count). The van der Waals surface area contributed by atoms with Crippen LogP contribution in [0.25, 0.3) is 17.7 Å². The molecule has 4 aromatic rings. The number of nitriles is 1. The fourth-order valence-corrected chi connectivity index (χ4v) is 6.40. The van der Waals surface area contributed by atoms with Crippen LogP contribution in [-0.4, -0.2) is 24.5 Å². The van der Waals surface area contributed by atoms with Crippen molar-refractivity contribution >= 4 is 30.1 Å². The van der Waals surface area contributed by atoms with Crippen molar-refractivity contribution in [2.75, 3.05) is 19.6 Å². The molecule has 1 fully saturated rings. The Labute approximate surface area is 244 Å². The minimum absolute atomic E-state index is 0. The monoisotopic (exact) mass is 542 g/mol. The Morgan fingerprint density at radius 3 is 1.62 bits per heavy atom. The lowest BCUT2D eigenvalue weighted by Gasteiger charge is -2.32. The molecule has 0 unspecified atom stereocenters. The molecule has 0 aromatic heterocycles. The minimum Gasteiger partial charge on any atom is -0.303 e. The van der Waals surface area contributed by atoms with E-state index in [4.69, 9.17) is 0 Å². The Morgan fingerprint density at radius 2 is 1.12 bits per heavy atom. The third kappa shape index (κ3) is 5.41. The first-order valence-electron chi connectivity index (χ1n) is 14.1. The molecule has 0 spiro atoms. The minimum atomic E-state index is -0.619. The van der Waals surface area contributed by atoms with Crippen LogP contribution in [0.4, 0.5) is 0 Å². The van der Waals surface area contributed by atoms with Gasteiger partial charge in [-0.3, -0.25) is 0 Å².